The predicted octanol–water partition coefficient (Wildman–Crippen LogP) is 3.69. The van der Waals surface area contributed by atoms with Crippen LogP contribution in [0.15, 0.2) is 36.5 Å². The summed E-state index contributed by atoms with van der Waals surface area (Å²) in [4.78, 5) is 39.8. The third-order valence-corrected chi connectivity index (χ3v) is 6.66. The van der Waals surface area contributed by atoms with Gasteiger partial charge in [-0.3, -0.25) is 14.0 Å². The molecule has 0 unspecified atom stereocenters. The standard InChI is InChI=1S/C28H28F2N6O4/c1-14-21(36-11-7-10-18(24(36)32-14)40-12-15-16(29)8-6-9-17(15)30)23-33-20(25(37)31-13-27(2,3)39)19-22(34-23)35-26(38)28(19,4)5/h6-11,39H,12-13H2,1-5H3,(H,31,37)(H,33,34,35,38). The maximum absolute atomic E-state index is 14.1. The number of fused-ring (bicyclic) bond motifs is 2. The van der Waals surface area contributed by atoms with Crippen LogP contribution in [0.4, 0.5) is 14.6 Å². The van der Waals surface area contributed by atoms with E-state index in [-0.39, 0.29) is 47.7 Å². The zero-order valence-corrected chi connectivity index (χ0v) is 22.6. The lowest BCUT2D eigenvalue weighted by Gasteiger charge is -2.20. The van der Waals surface area contributed by atoms with E-state index in [4.69, 9.17) is 4.74 Å². The molecular formula is C28H28F2N6O4. The molecule has 4 aromatic rings. The first-order chi connectivity index (χ1) is 18.8. The number of imidazole rings is 1. The van der Waals surface area contributed by atoms with Crippen LogP contribution in [0.1, 0.15) is 55.0 Å². The number of nitrogens with one attached hydrogen (secondary N) is 2. The number of hydrogen-bond donors (Lipinski definition) is 3. The molecular weight excluding hydrogens is 522 g/mol. The van der Waals surface area contributed by atoms with Gasteiger partial charge < -0.3 is 20.5 Å². The molecule has 0 fully saturated rings. The minimum absolute atomic E-state index is 0.00983. The third-order valence-electron chi connectivity index (χ3n) is 6.66. The fourth-order valence-corrected chi connectivity index (χ4v) is 4.53. The minimum atomic E-state index is -1.17. The molecule has 4 heterocycles. The Labute approximate surface area is 228 Å². The SMILES string of the molecule is Cc1nc2c(OCc3c(F)cccc3F)cccn2c1-c1nc2c(c(C(=O)NCC(C)(C)O)n1)C(C)(C)C(=O)N2. The van der Waals surface area contributed by atoms with Crippen molar-refractivity contribution in [3.05, 3.63) is 70.7 Å². The summed E-state index contributed by atoms with van der Waals surface area (Å²) >= 11 is 0. The number of aromatic nitrogens is 4. The first kappa shape index (κ1) is 27.1. The number of aliphatic hydroxyl groups is 1. The second-order valence-electron chi connectivity index (χ2n) is 10.8. The maximum atomic E-state index is 14.1. The van der Waals surface area contributed by atoms with Gasteiger partial charge in [0.15, 0.2) is 17.2 Å². The molecule has 208 valence electrons. The third kappa shape index (κ3) is 4.75. The van der Waals surface area contributed by atoms with Crippen molar-refractivity contribution in [1.29, 1.82) is 0 Å². The Morgan fingerprint density at radius 2 is 1.85 bits per heavy atom. The van der Waals surface area contributed by atoms with Crippen LogP contribution >= 0.6 is 0 Å². The monoisotopic (exact) mass is 550 g/mol. The number of halogens is 2. The Hall–Kier alpha value is -4.45. The number of hydrogen-bond acceptors (Lipinski definition) is 7. The normalized spacial score (nSPS) is 14.2. The number of aryl methyl sites for hydroxylation is 1. The quantitative estimate of drug-likeness (QED) is 0.320. The largest absolute Gasteiger partial charge is 0.485 e. The average molecular weight is 551 g/mol. The lowest BCUT2D eigenvalue weighted by Crippen LogP contribution is -2.39. The molecule has 12 heteroatoms. The maximum Gasteiger partial charge on any atom is 0.270 e. The Bertz CT molecular complexity index is 1660. The molecule has 0 bridgehead atoms. The van der Waals surface area contributed by atoms with Gasteiger partial charge in [0.1, 0.15) is 35.4 Å². The van der Waals surface area contributed by atoms with Crippen LogP contribution in [0.25, 0.3) is 17.2 Å². The van der Waals surface area contributed by atoms with Gasteiger partial charge in [0, 0.05) is 18.3 Å². The molecule has 0 atom stereocenters. The Balaban J connectivity index is 1.59. The average Bonchev–Trinajstić information content (AvgIpc) is 3.33. The lowest BCUT2D eigenvalue weighted by atomic mass is 9.85. The number of pyridine rings is 1. The second kappa shape index (κ2) is 9.63. The number of carbonyl (C=O) groups is 2. The fraction of sp³-hybridized carbons (Fsp3) is 0.321. The Morgan fingerprint density at radius 1 is 1.15 bits per heavy atom. The number of nitrogens with zero attached hydrogens (tertiary/aromatic N) is 4. The van der Waals surface area contributed by atoms with Crippen LogP contribution in [0, 0.1) is 18.6 Å². The predicted molar refractivity (Wildman–Crippen MR) is 142 cm³/mol. The van der Waals surface area contributed by atoms with Gasteiger partial charge in [0.25, 0.3) is 5.91 Å². The van der Waals surface area contributed by atoms with Crippen LogP contribution < -0.4 is 15.4 Å². The molecule has 2 amide bonds. The number of amides is 2. The van der Waals surface area contributed by atoms with E-state index in [9.17, 15) is 23.5 Å². The zero-order chi connectivity index (χ0) is 29.0. The van der Waals surface area contributed by atoms with E-state index in [2.05, 4.69) is 25.6 Å². The van der Waals surface area contributed by atoms with Crippen molar-refractivity contribution in [3.8, 4) is 17.3 Å². The van der Waals surface area contributed by atoms with Crippen molar-refractivity contribution in [2.75, 3.05) is 11.9 Å². The van der Waals surface area contributed by atoms with Crippen LogP contribution in [0.5, 0.6) is 5.75 Å². The van der Waals surface area contributed by atoms with Crippen molar-refractivity contribution in [2.24, 2.45) is 0 Å². The summed E-state index contributed by atoms with van der Waals surface area (Å²) in [5.74, 6) is -1.78. The summed E-state index contributed by atoms with van der Waals surface area (Å²) in [6.45, 7) is 7.77. The van der Waals surface area contributed by atoms with E-state index < -0.39 is 28.6 Å². The molecule has 0 spiro atoms. The smallest absolute Gasteiger partial charge is 0.270 e. The van der Waals surface area contributed by atoms with Crippen LogP contribution in [-0.4, -0.2) is 48.4 Å². The Kier molecular flexibility index (Phi) is 6.53. The number of ether oxygens (including phenoxy) is 1. The lowest BCUT2D eigenvalue weighted by molar-refractivity contribution is -0.119. The molecule has 5 rings (SSSR count). The van der Waals surface area contributed by atoms with Gasteiger partial charge in [-0.15, -0.1) is 0 Å². The summed E-state index contributed by atoms with van der Waals surface area (Å²) in [6, 6.07) is 6.87. The van der Waals surface area contributed by atoms with Gasteiger partial charge in [-0.2, -0.15) is 0 Å². The molecule has 1 aliphatic heterocycles. The zero-order valence-electron chi connectivity index (χ0n) is 22.6. The van der Waals surface area contributed by atoms with Crippen molar-refractivity contribution < 1.29 is 28.2 Å². The van der Waals surface area contributed by atoms with E-state index in [0.29, 0.717) is 22.6 Å². The van der Waals surface area contributed by atoms with E-state index in [0.717, 1.165) is 12.1 Å². The molecule has 0 saturated heterocycles. The van der Waals surface area contributed by atoms with Gasteiger partial charge in [-0.25, -0.2) is 23.7 Å². The Morgan fingerprint density at radius 3 is 2.52 bits per heavy atom. The number of anilines is 1. The minimum Gasteiger partial charge on any atom is -0.485 e. The highest BCUT2D eigenvalue weighted by Crippen LogP contribution is 2.40. The first-order valence-corrected chi connectivity index (χ1v) is 12.6. The highest BCUT2D eigenvalue weighted by Gasteiger charge is 2.44. The van der Waals surface area contributed by atoms with Crippen molar-refractivity contribution in [3.63, 3.8) is 0 Å². The number of benzene rings is 1. The van der Waals surface area contributed by atoms with Crippen molar-refractivity contribution in [1.82, 2.24) is 24.7 Å². The van der Waals surface area contributed by atoms with Crippen molar-refractivity contribution >= 4 is 23.3 Å². The van der Waals surface area contributed by atoms with Crippen LogP contribution in [-0.2, 0) is 16.8 Å². The van der Waals surface area contributed by atoms with Crippen molar-refractivity contribution in [2.45, 2.75) is 52.2 Å². The van der Waals surface area contributed by atoms with E-state index >= 15 is 0 Å². The summed E-state index contributed by atoms with van der Waals surface area (Å²) in [6.07, 6.45) is 1.69. The molecule has 10 nitrogen and oxygen atoms in total. The summed E-state index contributed by atoms with van der Waals surface area (Å²) in [5, 5.41) is 15.5. The molecule has 0 aliphatic carbocycles. The second-order valence-corrected chi connectivity index (χ2v) is 10.8. The molecule has 3 aromatic heterocycles. The fourth-order valence-electron chi connectivity index (χ4n) is 4.53. The topological polar surface area (TPSA) is 131 Å². The van der Waals surface area contributed by atoms with E-state index in [1.165, 1.54) is 6.07 Å². The highest BCUT2D eigenvalue weighted by molar-refractivity contribution is 6.09. The highest BCUT2D eigenvalue weighted by atomic mass is 19.1. The molecule has 1 aliphatic rings. The van der Waals surface area contributed by atoms with E-state index in [1.54, 1.807) is 57.3 Å². The van der Waals surface area contributed by atoms with Gasteiger partial charge >= 0.3 is 0 Å². The summed E-state index contributed by atoms with van der Waals surface area (Å²) in [5.41, 5.74) is -0.870. The van der Waals surface area contributed by atoms with Gasteiger partial charge in [0.2, 0.25) is 5.91 Å². The van der Waals surface area contributed by atoms with Gasteiger partial charge in [-0.05, 0) is 58.9 Å². The summed E-state index contributed by atoms with van der Waals surface area (Å²) in [7, 11) is 0. The van der Waals surface area contributed by atoms with Gasteiger partial charge in [0.05, 0.1) is 22.3 Å². The molecule has 0 saturated carbocycles. The number of carbonyl (C=O) groups excluding carboxylic acids is 2. The van der Waals surface area contributed by atoms with Crippen LogP contribution in [0.2, 0.25) is 0 Å². The summed E-state index contributed by atoms with van der Waals surface area (Å²) < 4.78 is 35.7. The molecule has 3 N–H and O–H groups in total. The molecule has 40 heavy (non-hydrogen) atoms. The molecule has 1 aromatic carbocycles. The number of rotatable bonds is 7. The van der Waals surface area contributed by atoms with Crippen LogP contribution in [0.3, 0.4) is 0 Å². The van der Waals surface area contributed by atoms with Gasteiger partial charge in [-0.1, -0.05) is 6.07 Å². The molecule has 0 radical (unpaired) electrons. The van der Waals surface area contributed by atoms with E-state index in [1.807, 2.05) is 0 Å². The first-order valence-electron chi connectivity index (χ1n) is 12.6.